The molecule has 2 heterocycles. The number of nitrogens with zero attached hydrogens (tertiary/aromatic N) is 2. The number of rotatable bonds is 4. The fourth-order valence-electron chi connectivity index (χ4n) is 3.03. The summed E-state index contributed by atoms with van der Waals surface area (Å²) in [7, 11) is 0. The lowest BCUT2D eigenvalue weighted by atomic mass is 9.96. The van der Waals surface area contributed by atoms with Crippen LogP contribution < -0.4 is 4.74 Å². The number of aromatic nitrogens is 2. The first-order valence-corrected chi connectivity index (χ1v) is 8.20. The van der Waals surface area contributed by atoms with Gasteiger partial charge in [0.15, 0.2) is 6.61 Å². The van der Waals surface area contributed by atoms with Crippen LogP contribution in [0, 0.1) is 0 Å². The highest BCUT2D eigenvalue weighted by atomic mass is 16.5. The number of ether oxygens (including phenoxy) is 1. The lowest BCUT2D eigenvalue weighted by Crippen LogP contribution is -1.99. The Morgan fingerprint density at radius 3 is 2.83 bits per heavy atom. The van der Waals surface area contributed by atoms with Crippen LogP contribution in [0.25, 0.3) is 11.0 Å². The second kappa shape index (κ2) is 5.72. The molecule has 2 aromatic heterocycles. The van der Waals surface area contributed by atoms with Crippen molar-refractivity contribution in [1.29, 1.82) is 0 Å². The van der Waals surface area contributed by atoms with E-state index in [0.29, 0.717) is 11.8 Å². The van der Waals surface area contributed by atoms with Gasteiger partial charge in [0.1, 0.15) is 17.1 Å². The minimum Gasteiger partial charge on any atom is -0.484 e. The SMILES string of the molecule is CC(C)c1nnc(COc2ccc3oc4c(c3c2)CCCC4)o1. The summed E-state index contributed by atoms with van der Waals surface area (Å²) >= 11 is 0. The number of benzene rings is 1. The van der Waals surface area contributed by atoms with Crippen LogP contribution in [0.2, 0.25) is 0 Å². The quantitative estimate of drug-likeness (QED) is 0.714. The zero-order valence-electron chi connectivity index (χ0n) is 13.5. The molecule has 0 N–H and O–H groups in total. The van der Waals surface area contributed by atoms with Gasteiger partial charge in [-0.1, -0.05) is 13.8 Å². The molecular weight excluding hydrogens is 292 g/mol. The van der Waals surface area contributed by atoms with Crippen molar-refractivity contribution in [2.24, 2.45) is 0 Å². The summed E-state index contributed by atoms with van der Waals surface area (Å²) in [4.78, 5) is 0. The maximum Gasteiger partial charge on any atom is 0.253 e. The number of aryl methyl sites for hydroxylation is 2. The van der Waals surface area contributed by atoms with Crippen LogP contribution in [0.15, 0.2) is 27.0 Å². The molecule has 0 bridgehead atoms. The van der Waals surface area contributed by atoms with Crippen LogP contribution in [0.4, 0.5) is 0 Å². The van der Waals surface area contributed by atoms with E-state index in [2.05, 4.69) is 16.3 Å². The van der Waals surface area contributed by atoms with E-state index in [1.807, 2.05) is 26.0 Å². The van der Waals surface area contributed by atoms with Crippen LogP contribution in [-0.2, 0) is 19.4 Å². The Morgan fingerprint density at radius 2 is 2.00 bits per heavy atom. The van der Waals surface area contributed by atoms with Gasteiger partial charge in [0.25, 0.3) is 5.89 Å². The molecule has 5 heteroatoms. The van der Waals surface area contributed by atoms with Crippen LogP contribution in [0.5, 0.6) is 5.75 Å². The van der Waals surface area contributed by atoms with Gasteiger partial charge in [-0.3, -0.25) is 0 Å². The van der Waals surface area contributed by atoms with Crippen LogP contribution in [0.1, 0.15) is 55.7 Å². The highest BCUT2D eigenvalue weighted by Crippen LogP contribution is 2.34. The Hall–Kier alpha value is -2.30. The van der Waals surface area contributed by atoms with Gasteiger partial charge in [-0.25, -0.2) is 0 Å². The Balaban J connectivity index is 1.54. The van der Waals surface area contributed by atoms with Crippen molar-refractivity contribution >= 4 is 11.0 Å². The van der Waals surface area contributed by atoms with Gasteiger partial charge in [-0.2, -0.15) is 0 Å². The lowest BCUT2D eigenvalue weighted by Gasteiger charge is -2.08. The first-order chi connectivity index (χ1) is 11.2. The average molecular weight is 312 g/mol. The molecule has 0 radical (unpaired) electrons. The van der Waals surface area contributed by atoms with E-state index in [9.17, 15) is 0 Å². The Morgan fingerprint density at radius 1 is 1.13 bits per heavy atom. The Kier molecular flexibility index (Phi) is 3.56. The minimum absolute atomic E-state index is 0.227. The summed E-state index contributed by atoms with van der Waals surface area (Å²) in [6, 6.07) is 5.97. The van der Waals surface area contributed by atoms with Crippen LogP contribution in [-0.4, -0.2) is 10.2 Å². The Labute approximate surface area is 134 Å². The van der Waals surface area contributed by atoms with Crippen molar-refractivity contribution < 1.29 is 13.6 Å². The molecule has 0 saturated heterocycles. The number of fused-ring (bicyclic) bond motifs is 3. The molecule has 0 saturated carbocycles. The molecule has 3 aromatic rings. The van der Waals surface area contributed by atoms with Crippen LogP contribution >= 0.6 is 0 Å². The van der Waals surface area contributed by atoms with E-state index in [1.165, 1.54) is 23.8 Å². The number of hydrogen-bond acceptors (Lipinski definition) is 5. The second-order valence-electron chi connectivity index (χ2n) is 6.35. The highest BCUT2D eigenvalue weighted by Gasteiger charge is 2.18. The molecule has 0 fully saturated rings. The molecule has 1 aromatic carbocycles. The second-order valence-corrected chi connectivity index (χ2v) is 6.35. The van der Waals surface area contributed by atoms with E-state index < -0.39 is 0 Å². The zero-order chi connectivity index (χ0) is 15.8. The highest BCUT2D eigenvalue weighted by molar-refractivity contribution is 5.84. The predicted octanol–water partition coefficient (Wildman–Crippen LogP) is 4.40. The molecule has 0 spiro atoms. The fourth-order valence-corrected chi connectivity index (χ4v) is 3.03. The van der Waals surface area contributed by atoms with Crippen molar-refractivity contribution in [3.63, 3.8) is 0 Å². The fraction of sp³-hybridized carbons (Fsp3) is 0.444. The molecule has 0 atom stereocenters. The monoisotopic (exact) mass is 312 g/mol. The first kappa shape index (κ1) is 14.3. The van der Waals surface area contributed by atoms with Crippen LogP contribution in [0.3, 0.4) is 0 Å². The molecular formula is C18H20N2O3. The van der Waals surface area contributed by atoms with Gasteiger partial charge in [0, 0.05) is 23.3 Å². The smallest absolute Gasteiger partial charge is 0.253 e. The summed E-state index contributed by atoms with van der Waals surface area (Å²) in [6.07, 6.45) is 4.57. The normalized spacial score (nSPS) is 14.4. The van der Waals surface area contributed by atoms with Crippen molar-refractivity contribution in [3.8, 4) is 5.75 Å². The van der Waals surface area contributed by atoms with Crippen molar-refractivity contribution in [1.82, 2.24) is 10.2 Å². The van der Waals surface area contributed by atoms with E-state index in [4.69, 9.17) is 13.6 Å². The molecule has 23 heavy (non-hydrogen) atoms. The third-order valence-corrected chi connectivity index (χ3v) is 4.27. The molecule has 1 aliphatic carbocycles. The lowest BCUT2D eigenvalue weighted by molar-refractivity contribution is 0.257. The van der Waals surface area contributed by atoms with Gasteiger partial charge in [-0.05, 0) is 37.5 Å². The summed E-state index contributed by atoms with van der Waals surface area (Å²) in [5.74, 6) is 3.31. The summed E-state index contributed by atoms with van der Waals surface area (Å²) in [5.41, 5.74) is 2.29. The molecule has 5 nitrogen and oxygen atoms in total. The minimum atomic E-state index is 0.227. The van der Waals surface area contributed by atoms with Crippen molar-refractivity contribution in [3.05, 3.63) is 41.3 Å². The van der Waals surface area contributed by atoms with Gasteiger partial charge >= 0.3 is 0 Å². The van der Waals surface area contributed by atoms with E-state index >= 15 is 0 Å². The molecule has 0 aliphatic heterocycles. The molecule has 0 unspecified atom stereocenters. The topological polar surface area (TPSA) is 61.3 Å². The van der Waals surface area contributed by atoms with E-state index in [1.54, 1.807) is 0 Å². The van der Waals surface area contributed by atoms with Crippen molar-refractivity contribution in [2.45, 2.75) is 52.1 Å². The first-order valence-electron chi connectivity index (χ1n) is 8.20. The summed E-state index contributed by atoms with van der Waals surface area (Å²) in [6.45, 7) is 4.33. The average Bonchev–Trinajstić information content (AvgIpc) is 3.17. The molecule has 0 amide bonds. The molecule has 120 valence electrons. The molecule has 1 aliphatic rings. The largest absolute Gasteiger partial charge is 0.484 e. The maximum atomic E-state index is 5.94. The molecule has 4 rings (SSSR count). The number of hydrogen-bond donors (Lipinski definition) is 0. The number of furan rings is 1. The van der Waals surface area contributed by atoms with E-state index in [-0.39, 0.29) is 12.5 Å². The standard InChI is InChI=1S/C18H20N2O3/c1-11(2)18-20-19-17(23-18)10-21-12-7-8-16-14(9-12)13-5-3-4-6-15(13)22-16/h7-9,11H,3-6,10H2,1-2H3. The summed E-state index contributed by atoms with van der Waals surface area (Å²) in [5, 5.41) is 9.20. The van der Waals surface area contributed by atoms with Gasteiger partial charge < -0.3 is 13.6 Å². The maximum absolute atomic E-state index is 5.94. The third kappa shape index (κ3) is 2.71. The van der Waals surface area contributed by atoms with E-state index in [0.717, 1.165) is 29.9 Å². The predicted molar refractivity (Wildman–Crippen MR) is 85.6 cm³/mol. The summed E-state index contributed by atoms with van der Waals surface area (Å²) < 4.78 is 17.3. The third-order valence-electron chi connectivity index (χ3n) is 4.27. The van der Waals surface area contributed by atoms with Crippen molar-refractivity contribution in [2.75, 3.05) is 0 Å². The van der Waals surface area contributed by atoms with Gasteiger partial charge in [0.05, 0.1) is 0 Å². The van der Waals surface area contributed by atoms with Gasteiger partial charge in [0.2, 0.25) is 5.89 Å². The van der Waals surface area contributed by atoms with Gasteiger partial charge in [-0.15, -0.1) is 10.2 Å². The Bertz CT molecular complexity index is 832. The zero-order valence-corrected chi connectivity index (χ0v) is 13.5.